The summed E-state index contributed by atoms with van der Waals surface area (Å²) in [6, 6.07) is 0. The third-order valence-corrected chi connectivity index (χ3v) is 2.23. The van der Waals surface area contributed by atoms with Crippen molar-refractivity contribution >= 4 is 5.97 Å². The highest BCUT2D eigenvalue weighted by Gasteiger charge is 2.16. The molecule has 1 aromatic rings. The number of H-pyrrole nitrogens is 1. The monoisotopic (exact) mass is 210 g/mol. The van der Waals surface area contributed by atoms with E-state index in [1.54, 1.807) is 0 Å². The molecule has 1 N–H and O–H groups in total. The van der Waals surface area contributed by atoms with Gasteiger partial charge in [-0.25, -0.2) is 4.98 Å². The van der Waals surface area contributed by atoms with E-state index in [9.17, 15) is 4.79 Å². The van der Waals surface area contributed by atoms with Crippen LogP contribution in [0.15, 0.2) is 6.20 Å². The van der Waals surface area contributed by atoms with Gasteiger partial charge in [-0.3, -0.25) is 4.79 Å². The Hall–Kier alpha value is -1.32. The van der Waals surface area contributed by atoms with Crippen molar-refractivity contribution < 1.29 is 9.53 Å². The maximum absolute atomic E-state index is 10.9. The number of carbonyl (C=O) groups excluding carboxylic acids is 1. The molecule has 0 spiro atoms. The fourth-order valence-electron chi connectivity index (χ4n) is 1.19. The predicted molar refractivity (Wildman–Crippen MR) is 57.6 cm³/mol. The summed E-state index contributed by atoms with van der Waals surface area (Å²) in [5.41, 5.74) is 1.15. The molecule has 0 bridgehead atoms. The molecule has 0 radical (unpaired) electrons. The van der Waals surface area contributed by atoms with E-state index in [0.717, 1.165) is 11.5 Å². The van der Waals surface area contributed by atoms with Crippen molar-refractivity contribution in [2.24, 2.45) is 0 Å². The lowest BCUT2D eigenvalue weighted by molar-refractivity contribution is -0.140. The largest absolute Gasteiger partial charge is 0.469 e. The lowest BCUT2D eigenvalue weighted by Crippen LogP contribution is -2.11. The standard InChI is InChI=1S/C11H18N2O2/c1-11(2,3)8-7-12-9(13-8)5-6-10(14)15-4/h7H,5-6H2,1-4H3,(H,12,13). The summed E-state index contributed by atoms with van der Waals surface area (Å²) >= 11 is 0. The van der Waals surface area contributed by atoms with Gasteiger partial charge in [0.25, 0.3) is 0 Å². The molecular formula is C11H18N2O2. The molecule has 15 heavy (non-hydrogen) atoms. The molecule has 1 aromatic heterocycles. The SMILES string of the molecule is COC(=O)CCc1ncc(C(C)(C)C)[nH]1. The van der Waals surface area contributed by atoms with Gasteiger partial charge in [0.15, 0.2) is 0 Å². The van der Waals surface area contributed by atoms with E-state index in [4.69, 9.17) is 0 Å². The number of nitrogens with one attached hydrogen (secondary N) is 1. The Morgan fingerprint density at radius 1 is 1.53 bits per heavy atom. The summed E-state index contributed by atoms with van der Waals surface area (Å²) in [7, 11) is 1.39. The van der Waals surface area contributed by atoms with Gasteiger partial charge in [0.2, 0.25) is 0 Å². The molecule has 0 aliphatic carbocycles. The molecule has 0 unspecified atom stereocenters. The molecule has 4 nitrogen and oxygen atoms in total. The van der Waals surface area contributed by atoms with Crippen LogP contribution in [0.2, 0.25) is 0 Å². The smallest absolute Gasteiger partial charge is 0.305 e. The van der Waals surface area contributed by atoms with Crippen LogP contribution in [0, 0.1) is 0 Å². The van der Waals surface area contributed by atoms with Crippen LogP contribution >= 0.6 is 0 Å². The summed E-state index contributed by atoms with van der Waals surface area (Å²) in [6.07, 6.45) is 2.79. The van der Waals surface area contributed by atoms with Crippen LogP contribution in [-0.4, -0.2) is 23.0 Å². The molecule has 0 fully saturated rings. The van der Waals surface area contributed by atoms with Crippen LogP contribution in [0.5, 0.6) is 0 Å². The van der Waals surface area contributed by atoms with Crippen LogP contribution in [0.3, 0.4) is 0 Å². The van der Waals surface area contributed by atoms with Gasteiger partial charge in [0.05, 0.1) is 13.5 Å². The lowest BCUT2D eigenvalue weighted by atomic mass is 9.93. The number of nitrogens with zero attached hydrogens (tertiary/aromatic N) is 1. The first-order valence-corrected chi connectivity index (χ1v) is 5.04. The zero-order valence-electron chi connectivity index (χ0n) is 9.76. The molecule has 84 valence electrons. The number of rotatable bonds is 3. The average Bonchev–Trinajstić information content (AvgIpc) is 2.61. The topological polar surface area (TPSA) is 55.0 Å². The van der Waals surface area contributed by atoms with Crippen molar-refractivity contribution in [2.75, 3.05) is 7.11 Å². The zero-order valence-corrected chi connectivity index (χ0v) is 9.76. The van der Waals surface area contributed by atoms with Gasteiger partial charge in [0, 0.05) is 23.7 Å². The van der Waals surface area contributed by atoms with E-state index in [-0.39, 0.29) is 11.4 Å². The van der Waals surface area contributed by atoms with Crippen LogP contribution in [0.1, 0.15) is 38.7 Å². The third-order valence-electron chi connectivity index (χ3n) is 2.23. The normalized spacial score (nSPS) is 11.5. The van der Waals surface area contributed by atoms with E-state index >= 15 is 0 Å². The van der Waals surface area contributed by atoms with Gasteiger partial charge in [0.1, 0.15) is 5.82 Å². The van der Waals surface area contributed by atoms with Gasteiger partial charge in [-0.1, -0.05) is 20.8 Å². The highest BCUT2D eigenvalue weighted by molar-refractivity contribution is 5.69. The molecule has 0 aromatic carbocycles. The van der Waals surface area contributed by atoms with E-state index < -0.39 is 0 Å². The van der Waals surface area contributed by atoms with E-state index in [1.807, 2.05) is 6.20 Å². The Labute approximate surface area is 90.1 Å². The summed E-state index contributed by atoms with van der Waals surface area (Å²) < 4.78 is 4.57. The highest BCUT2D eigenvalue weighted by atomic mass is 16.5. The molecule has 0 atom stereocenters. The number of hydrogen-bond acceptors (Lipinski definition) is 3. The molecule has 0 aliphatic rings. The molecular weight excluding hydrogens is 192 g/mol. The fraction of sp³-hybridized carbons (Fsp3) is 0.636. The second-order valence-corrected chi connectivity index (χ2v) is 4.57. The maximum Gasteiger partial charge on any atom is 0.305 e. The molecule has 0 saturated carbocycles. The van der Waals surface area contributed by atoms with Gasteiger partial charge >= 0.3 is 5.97 Å². The first kappa shape index (κ1) is 11.8. The molecule has 1 rings (SSSR count). The van der Waals surface area contributed by atoms with Crippen molar-refractivity contribution in [3.05, 3.63) is 17.7 Å². The number of aromatic amines is 1. The summed E-state index contributed by atoms with van der Waals surface area (Å²) in [5, 5.41) is 0. The predicted octanol–water partition coefficient (Wildman–Crippen LogP) is 1.81. The van der Waals surface area contributed by atoms with E-state index in [1.165, 1.54) is 7.11 Å². The number of esters is 1. The van der Waals surface area contributed by atoms with Crippen molar-refractivity contribution in [3.63, 3.8) is 0 Å². The van der Waals surface area contributed by atoms with Gasteiger partial charge in [-0.15, -0.1) is 0 Å². The van der Waals surface area contributed by atoms with E-state index in [2.05, 4.69) is 35.5 Å². The minimum atomic E-state index is -0.205. The Kier molecular flexibility index (Phi) is 3.50. The number of aromatic nitrogens is 2. The van der Waals surface area contributed by atoms with Gasteiger partial charge in [-0.2, -0.15) is 0 Å². The zero-order chi connectivity index (χ0) is 11.5. The molecule has 1 heterocycles. The Balaban J connectivity index is 2.58. The minimum absolute atomic E-state index is 0.0660. The van der Waals surface area contributed by atoms with Crippen LogP contribution < -0.4 is 0 Å². The Morgan fingerprint density at radius 2 is 2.20 bits per heavy atom. The fourth-order valence-corrected chi connectivity index (χ4v) is 1.19. The number of aryl methyl sites for hydroxylation is 1. The Morgan fingerprint density at radius 3 is 2.67 bits per heavy atom. The first-order chi connectivity index (χ1) is 6.93. The molecule has 0 amide bonds. The second kappa shape index (κ2) is 4.47. The third kappa shape index (κ3) is 3.38. The van der Waals surface area contributed by atoms with E-state index in [0.29, 0.717) is 12.8 Å². The van der Waals surface area contributed by atoms with Crippen molar-refractivity contribution in [1.29, 1.82) is 0 Å². The number of carbonyl (C=O) groups is 1. The minimum Gasteiger partial charge on any atom is -0.469 e. The number of ether oxygens (including phenoxy) is 1. The van der Waals surface area contributed by atoms with Crippen molar-refractivity contribution in [1.82, 2.24) is 9.97 Å². The molecule has 4 heteroatoms. The molecule has 0 aliphatic heterocycles. The number of imidazole rings is 1. The second-order valence-electron chi connectivity index (χ2n) is 4.57. The van der Waals surface area contributed by atoms with Crippen molar-refractivity contribution in [2.45, 2.75) is 39.0 Å². The highest BCUT2D eigenvalue weighted by Crippen LogP contribution is 2.19. The van der Waals surface area contributed by atoms with Crippen LogP contribution in [-0.2, 0) is 21.4 Å². The van der Waals surface area contributed by atoms with Gasteiger partial charge in [-0.05, 0) is 0 Å². The lowest BCUT2D eigenvalue weighted by Gasteiger charge is -2.15. The van der Waals surface area contributed by atoms with Crippen molar-refractivity contribution in [3.8, 4) is 0 Å². The number of hydrogen-bond donors (Lipinski definition) is 1. The number of methoxy groups -OCH3 is 1. The molecule has 0 saturated heterocycles. The van der Waals surface area contributed by atoms with Crippen LogP contribution in [0.4, 0.5) is 0 Å². The summed E-state index contributed by atoms with van der Waals surface area (Å²) in [4.78, 5) is 18.4. The summed E-state index contributed by atoms with van der Waals surface area (Å²) in [6.45, 7) is 6.35. The Bertz CT molecular complexity index is 337. The quantitative estimate of drug-likeness (QED) is 0.774. The van der Waals surface area contributed by atoms with Crippen LogP contribution in [0.25, 0.3) is 0 Å². The average molecular weight is 210 g/mol. The summed E-state index contributed by atoms with van der Waals surface area (Å²) in [5.74, 6) is 0.633. The first-order valence-electron chi connectivity index (χ1n) is 5.04. The maximum atomic E-state index is 10.9. The van der Waals surface area contributed by atoms with Gasteiger partial charge < -0.3 is 9.72 Å².